The average Bonchev–Trinajstić information content (AvgIpc) is 2.48. The first kappa shape index (κ1) is 16.6. The molecule has 1 heterocycles. The predicted octanol–water partition coefficient (Wildman–Crippen LogP) is 3.59. The second-order valence-electron chi connectivity index (χ2n) is 4.99. The van der Waals surface area contributed by atoms with Gasteiger partial charge in [0.15, 0.2) is 5.11 Å². The first-order chi connectivity index (χ1) is 10.5. The van der Waals surface area contributed by atoms with Crippen molar-refractivity contribution in [3.63, 3.8) is 0 Å². The number of rotatable bonds is 5. The number of thiocarbonyl (C=S) groups is 1. The highest BCUT2D eigenvalue weighted by molar-refractivity contribution is 7.80. The molecule has 1 saturated heterocycles. The summed E-state index contributed by atoms with van der Waals surface area (Å²) in [6, 6.07) is 6.74. The standard InChI is InChI=1S/C16H17ClN2O2S/c1-2-3-4-5-6-13-14(20)18-16(22)19(15(13)21)12-9-7-11(17)8-10-12/h6-10H,2-5H2,1H3,(H,18,20,22)/b13-6-. The molecule has 0 atom stereocenters. The summed E-state index contributed by atoms with van der Waals surface area (Å²) in [5.41, 5.74) is 0.721. The Balaban J connectivity index is 2.23. The van der Waals surface area contributed by atoms with Crippen LogP contribution >= 0.6 is 23.8 Å². The largest absolute Gasteiger partial charge is 0.298 e. The monoisotopic (exact) mass is 336 g/mol. The molecule has 1 fully saturated rings. The van der Waals surface area contributed by atoms with Crippen LogP contribution in [0.1, 0.15) is 32.6 Å². The maximum Gasteiger partial charge on any atom is 0.269 e. The Morgan fingerprint density at radius 2 is 1.91 bits per heavy atom. The molecule has 2 amide bonds. The predicted molar refractivity (Wildman–Crippen MR) is 91.9 cm³/mol. The van der Waals surface area contributed by atoms with E-state index in [1.165, 1.54) is 4.90 Å². The molecule has 0 spiro atoms. The van der Waals surface area contributed by atoms with E-state index in [0.717, 1.165) is 19.3 Å². The second-order valence-corrected chi connectivity index (χ2v) is 5.81. The molecule has 4 nitrogen and oxygen atoms in total. The van der Waals surface area contributed by atoms with E-state index in [9.17, 15) is 9.59 Å². The van der Waals surface area contributed by atoms with E-state index in [1.54, 1.807) is 30.3 Å². The lowest BCUT2D eigenvalue weighted by molar-refractivity contribution is -0.122. The molecular formula is C16H17ClN2O2S. The van der Waals surface area contributed by atoms with Gasteiger partial charge in [0.2, 0.25) is 0 Å². The van der Waals surface area contributed by atoms with Crippen molar-refractivity contribution in [2.24, 2.45) is 0 Å². The molecule has 0 bridgehead atoms. The van der Waals surface area contributed by atoms with Gasteiger partial charge in [-0.1, -0.05) is 37.4 Å². The Morgan fingerprint density at radius 1 is 1.23 bits per heavy atom. The minimum atomic E-state index is -0.434. The fourth-order valence-corrected chi connectivity index (χ4v) is 2.58. The van der Waals surface area contributed by atoms with Crippen LogP contribution in [0.2, 0.25) is 5.02 Å². The van der Waals surface area contributed by atoms with E-state index in [2.05, 4.69) is 12.2 Å². The summed E-state index contributed by atoms with van der Waals surface area (Å²) in [5, 5.41) is 3.21. The number of allylic oxidation sites excluding steroid dienone is 1. The molecule has 0 aliphatic carbocycles. The number of nitrogens with zero attached hydrogens (tertiary/aromatic N) is 1. The lowest BCUT2D eigenvalue weighted by atomic mass is 10.1. The van der Waals surface area contributed by atoms with Crippen molar-refractivity contribution >= 4 is 46.4 Å². The van der Waals surface area contributed by atoms with Crippen molar-refractivity contribution in [2.75, 3.05) is 4.90 Å². The van der Waals surface area contributed by atoms with E-state index in [0.29, 0.717) is 17.1 Å². The van der Waals surface area contributed by atoms with Crippen LogP contribution in [-0.2, 0) is 9.59 Å². The van der Waals surface area contributed by atoms with Crippen LogP contribution in [0.5, 0.6) is 0 Å². The number of carbonyl (C=O) groups is 2. The van der Waals surface area contributed by atoms with E-state index in [-0.39, 0.29) is 10.7 Å². The average molecular weight is 337 g/mol. The lowest BCUT2D eigenvalue weighted by Crippen LogP contribution is -2.54. The van der Waals surface area contributed by atoms with Gasteiger partial charge in [0.1, 0.15) is 5.57 Å². The molecule has 1 aromatic rings. The lowest BCUT2D eigenvalue weighted by Gasteiger charge is -2.28. The molecule has 0 aromatic heterocycles. The normalized spacial score (nSPS) is 17.1. The number of hydrogen-bond donors (Lipinski definition) is 1. The van der Waals surface area contributed by atoms with Gasteiger partial charge in [-0.25, -0.2) is 0 Å². The summed E-state index contributed by atoms with van der Waals surface area (Å²) in [6.07, 6.45) is 5.50. The highest BCUT2D eigenvalue weighted by atomic mass is 35.5. The van der Waals surface area contributed by atoms with Crippen LogP contribution in [-0.4, -0.2) is 16.9 Å². The molecule has 6 heteroatoms. The van der Waals surface area contributed by atoms with Gasteiger partial charge in [0.05, 0.1) is 5.69 Å². The summed E-state index contributed by atoms with van der Waals surface area (Å²) in [4.78, 5) is 25.9. The Bertz CT molecular complexity index is 626. The molecule has 1 N–H and O–H groups in total. The Labute approximate surface area is 140 Å². The zero-order valence-electron chi connectivity index (χ0n) is 12.3. The third kappa shape index (κ3) is 3.72. The van der Waals surface area contributed by atoms with Crippen LogP contribution in [0.15, 0.2) is 35.9 Å². The van der Waals surface area contributed by atoms with Gasteiger partial charge >= 0.3 is 0 Å². The summed E-state index contributed by atoms with van der Waals surface area (Å²) in [5.74, 6) is -0.829. The van der Waals surface area contributed by atoms with Crippen molar-refractivity contribution in [1.29, 1.82) is 0 Å². The zero-order chi connectivity index (χ0) is 16.1. The topological polar surface area (TPSA) is 49.4 Å². The number of nitrogens with one attached hydrogen (secondary N) is 1. The van der Waals surface area contributed by atoms with Gasteiger partial charge in [0, 0.05) is 5.02 Å². The summed E-state index contributed by atoms with van der Waals surface area (Å²) >= 11 is 11.0. The van der Waals surface area contributed by atoms with Gasteiger partial charge in [0.25, 0.3) is 11.8 Å². The first-order valence-corrected chi connectivity index (χ1v) is 7.98. The van der Waals surface area contributed by atoms with E-state index in [1.807, 2.05) is 0 Å². The number of carbonyl (C=O) groups excluding carboxylic acids is 2. The Kier molecular flexibility index (Phi) is 5.69. The van der Waals surface area contributed by atoms with Crippen LogP contribution in [0.3, 0.4) is 0 Å². The van der Waals surface area contributed by atoms with Crippen molar-refractivity contribution in [3.8, 4) is 0 Å². The maximum absolute atomic E-state index is 12.6. The molecule has 0 radical (unpaired) electrons. The molecule has 1 aliphatic rings. The number of hydrogen-bond acceptors (Lipinski definition) is 3. The first-order valence-electron chi connectivity index (χ1n) is 7.20. The van der Waals surface area contributed by atoms with Crippen molar-refractivity contribution in [3.05, 3.63) is 40.9 Å². The molecule has 0 unspecified atom stereocenters. The highest BCUT2D eigenvalue weighted by Gasteiger charge is 2.34. The van der Waals surface area contributed by atoms with Gasteiger partial charge in [-0.3, -0.25) is 19.8 Å². The summed E-state index contributed by atoms with van der Waals surface area (Å²) in [7, 11) is 0. The van der Waals surface area contributed by atoms with Crippen LogP contribution in [0, 0.1) is 0 Å². The van der Waals surface area contributed by atoms with Gasteiger partial charge in [-0.2, -0.15) is 0 Å². The van der Waals surface area contributed by atoms with Crippen LogP contribution in [0.4, 0.5) is 5.69 Å². The van der Waals surface area contributed by atoms with Crippen molar-refractivity contribution < 1.29 is 9.59 Å². The fraction of sp³-hybridized carbons (Fsp3) is 0.312. The maximum atomic E-state index is 12.6. The number of halogens is 1. The zero-order valence-corrected chi connectivity index (χ0v) is 13.8. The van der Waals surface area contributed by atoms with Crippen molar-refractivity contribution in [1.82, 2.24) is 5.32 Å². The van der Waals surface area contributed by atoms with Crippen molar-refractivity contribution in [2.45, 2.75) is 32.6 Å². The minimum Gasteiger partial charge on any atom is -0.298 e. The minimum absolute atomic E-state index is 0.0861. The molecule has 0 saturated carbocycles. The number of amides is 2. The van der Waals surface area contributed by atoms with Crippen LogP contribution < -0.4 is 10.2 Å². The molecule has 22 heavy (non-hydrogen) atoms. The van der Waals surface area contributed by atoms with E-state index >= 15 is 0 Å². The quantitative estimate of drug-likeness (QED) is 0.387. The van der Waals surface area contributed by atoms with Crippen LogP contribution in [0.25, 0.3) is 0 Å². The number of anilines is 1. The van der Waals surface area contributed by atoms with E-state index in [4.69, 9.17) is 23.8 Å². The smallest absolute Gasteiger partial charge is 0.269 e. The fourth-order valence-electron chi connectivity index (χ4n) is 2.18. The summed E-state index contributed by atoms with van der Waals surface area (Å²) in [6.45, 7) is 2.10. The third-order valence-electron chi connectivity index (χ3n) is 3.34. The Hall–Kier alpha value is -1.72. The second kappa shape index (κ2) is 7.51. The molecule has 116 valence electrons. The molecule has 1 aliphatic heterocycles. The van der Waals surface area contributed by atoms with Gasteiger partial charge in [-0.15, -0.1) is 0 Å². The van der Waals surface area contributed by atoms with Gasteiger partial charge in [-0.05, 0) is 49.3 Å². The SMILES string of the molecule is CCCCC/C=C1/C(=O)NC(=S)N(c2ccc(Cl)cc2)C1=O. The Morgan fingerprint density at radius 3 is 2.55 bits per heavy atom. The van der Waals surface area contributed by atoms with E-state index < -0.39 is 11.8 Å². The summed E-state index contributed by atoms with van der Waals surface area (Å²) < 4.78 is 0. The van der Waals surface area contributed by atoms with Gasteiger partial charge < -0.3 is 0 Å². The molecule has 1 aromatic carbocycles. The number of benzene rings is 1. The molecular weight excluding hydrogens is 320 g/mol. The molecule has 2 rings (SSSR count). The third-order valence-corrected chi connectivity index (χ3v) is 3.88. The number of unbranched alkanes of at least 4 members (excludes halogenated alkanes) is 3. The highest BCUT2D eigenvalue weighted by Crippen LogP contribution is 2.23.